The largest absolute Gasteiger partial charge is 0.511 e. The number of carboxylic acid groups (broad SMARTS) is 1. The lowest BCUT2D eigenvalue weighted by Crippen LogP contribution is -2.14. The van der Waals surface area contributed by atoms with Crippen LogP contribution in [-0.2, 0) is 0 Å². The van der Waals surface area contributed by atoms with Gasteiger partial charge in [-0.2, -0.15) is 0 Å². The van der Waals surface area contributed by atoms with Gasteiger partial charge in [-0.1, -0.05) is 12.1 Å². The van der Waals surface area contributed by atoms with Crippen molar-refractivity contribution in [1.82, 2.24) is 0 Å². The van der Waals surface area contributed by atoms with Crippen LogP contribution < -0.4 is 10.5 Å². The number of carbonyl (C=O) groups is 2. The van der Waals surface area contributed by atoms with Crippen molar-refractivity contribution in [3.8, 4) is 5.75 Å². The molecular formula is C8H7NO4. The number of benzene rings is 1. The fourth-order valence-corrected chi connectivity index (χ4v) is 0.853. The fraction of sp³-hybridized carbons (Fsp3) is 0. The van der Waals surface area contributed by atoms with Crippen molar-refractivity contribution in [2.45, 2.75) is 0 Å². The van der Waals surface area contributed by atoms with Gasteiger partial charge in [-0.05, 0) is 12.1 Å². The lowest BCUT2D eigenvalue weighted by molar-refractivity contribution is 0.0996. The van der Waals surface area contributed by atoms with Crippen molar-refractivity contribution < 1.29 is 19.4 Å². The summed E-state index contributed by atoms with van der Waals surface area (Å²) >= 11 is 0. The van der Waals surface area contributed by atoms with Gasteiger partial charge in [-0.25, -0.2) is 4.79 Å². The summed E-state index contributed by atoms with van der Waals surface area (Å²) in [7, 11) is 0. The number of para-hydroxylation sites is 1. The molecule has 0 unspecified atom stereocenters. The second-order valence-electron chi connectivity index (χ2n) is 2.23. The Morgan fingerprint density at radius 1 is 1.31 bits per heavy atom. The average Bonchev–Trinajstić information content (AvgIpc) is 2.03. The molecule has 1 amide bonds. The molecular weight excluding hydrogens is 174 g/mol. The Labute approximate surface area is 73.7 Å². The number of hydrogen-bond acceptors (Lipinski definition) is 3. The number of ether oxygens (including phenoxy) is 1. The van der Waals surface area contributed by atoms with E-state index >= 15 is 0 Å². The zero-order valence-corrected chi connectivity index (χ0v) is 6.56. The van der Waals surface area contributed by atoms with Crippen molar-refractivity contribution in [1.29, 1.82) is 0 Å². The van der Waals surface area contributed by atoms with Crippen molar-refractivity contribution in [3.63, 3.8) is 0 Å². The van der Waals surface area contributed by atoms with E-state index < -0.39 is 12.1 Å². The molecule has 0 aromatic heterocycles. The molecule has 68 valence electrons. The molecule has 0 spiro atoms. The van der Waals surface area contributed by atoms with Crippen LogP contribution >= 0.6 is 0 Å². The summed E-state index contributed by atoms with van der Waals surface area (Å²) in [5.41, 5.74) is 5.02. The van der Waals surface area contributed by atoms with Crippen molar-refractivity contribution >= 4 is 12.1 Å². The Morgan fingerprint density at radius 3 is 2.46 bits per heavy atom. The van der Waals surface area contributed by atoms with Crippen LogP contribution in [-0.4, -0.2) is 17.2 Å². The highest BCUT2D eigenvalue weighted by Gasteiger charge is 2.10. The van der Waals surface area contributed by atoms with Crippen LogP contribution in [0.4, 0.5) is 4.79 Å². The van der Waals surface area contributed by atoms with E-state index in [1.807, 2.05) is 0 Å². The predicted molar refractivity (Wildman–Crippen MR) is 43.6 cm³/mol. The minimum atomic E-state index is -1.48. The van der Waals surface area contributed by atoms with Gasteiger partial charge >= 0.3 is 6.16 Å². The summed E-state index contributed by atoms with van der Waals surface area (Å²) in [6.07, 6.45) is -1.48. The van der Waals surface area contributed by atoms with Gasteiger partial charge < -0.3 is 15.6 Å². The quantitative estimate of drug-likeness (QED) is 0.522. The van der Waals surface area contributed by atoms with E-state index in [1.165, 1.54) is 12.1 Å². The highest BCUT2D eigenvalue weighted by molar-refractivity contribution is 5.96. The van der Waals surface area contributed by atoms with Gasteiger partial charge in [0.05, 0.1) is 5.56 Å². The van der Waals surface area contributed by atoms with Crippen LogP contribution in [0.2, 0.25) is 0 Å². The summed E-state index contributed by atoms with van der Waals surface area (Å²) in [5, 5.41) is 8.30. The van der Waals surface area contributed by atoms with E-state index in [1.54, 1.807) is 12.1 Å². The molecule has 5 heteroatoms. The molecule has 0 saturated carbocycles. The van der Waals surface area contributed by atoms with E-state index in [-0.39, 0.29) is 11.3 Å². The van der Waals surface area contributed by atoms with Gasteiger partial charge in [-0.3, -0.25) is 4.79 Å². The SMILES string of the molecule is NC(=O)c1ccccc1OC(=O)O. The normalized spacial score (nSPS) is 9.23. The van der Waals surface area contributed by atoms with E-state index in [9.17, 15) is 9.59 Å². The first-order valence-electron chi connectivity index (χ1n) is 3.41. The maximum atomic E-state index is 10.8. The van der Waals surface area contributed by atoms with Gasteiger partial charge in [0.1, 0.15) is 5.75 Å². The summed E-state index contributed by atoms with van der Waals surface area (Å²) in [6.45, 7) is 0. The second kappa shape index (κ2) is 3.57. The maximum Gasteiger partial charge on any atom is 0.511 e. The predicted octanol–water partition coefficient (Wildman–Crippen LogP) is 0.842. The van der Waals surface area contributed by atoms with Crippen LogP contribution in [0.1, 0.15) is 10.4 Å². The van der Waals surface area contributed by atoms with Crippen molar-refractivity contribution in [2.24, 2.45) is 5.73 Å². The lowest BCUT2D eigenvalue weighted by Gasteiger charge is -2.03. The number of hydrogen-bond donors (Lipinski definition) is 2. The van der Waals surface area contributed by atoms with E-state index in [4.69, 9.17) is 10.8 Å². The Hall–Kier alpha value is -2.04. The first-order chi connectivity index (χ1) is 6.11. The first-order valence-corrected chi connectivity index (χ1v) is 3.41. The van der Waals surface area contributed by atoms with Crippen LogP contribution in [0.15, 0.2) is 24.3 Å². The Bertz CT molecular complexity index is 348. The third-order valence-electron chi connectivity index (χ3n) is 1.35. The highest BCUT2D eigenvalue weighted by Crippen LogP contribution is 2.16. The molecule has 1 aromatic carbocycles. The molecule has 1 rings (SSSR count). The standard InChI is InChI=1S/C8H7NO4/c9-7(10)5-3-1-2-4-6(5)13-8(11)12/h1-4H,(H2,9,10)(H,11,12). The smallest absolute Gasteiger partial charge is 0.449 e. The fourth-order valence-electron chi connectivity index (χ4n) is 0.853. The Morgan fingerprint density at radius 2 is 1.92 bits per heavy atom. The van der Waals surface area contributed by atoms with Crippen molar-refractivity contribution in [3.05, 3.63) is 29.8 Å². The maximum absolute atomic E-state index is 10.8. The molecule has 3 N–H and O–H groups in total. The lowest BCUT2D eigenvalue weighted by atomic mass is 10.2. The summed E-state index contributed by atoms with van der Waals surface area (Å²) < 4.78 is 4.32. The molecule has 0 aliphatic rings. The number of amides is 1. The summed E-state index contributed by atoms with van der Waals surface area (Å²) in [4.78, 5) is 20.9. The number of nitrogens with two attached hydrogens (primary N) is 1. The number of rotatable bonds is 2. The van der Waals surface area contributed by atoms with Gasteiger partial charge in [0.2, 0.25) is 0 Å². The highest BCUT2D eigenvalue weighted by atomic mass is 16.7. The third-order valence-corrected chi connectivity index (χ3v) is 1.35. The zero-order chi connectivity index (χ0) is 9.84. The second-order valence-corrected chi connectivity index (χ2v) is 2.23. The molecule has 5 nitrogen and oxygen atoms in total. The van der Waals surface area contributed by atoms with Gasteiger partial charge in [-0.15, -0.1) is 0 Å². The molecule has 13 heavy (non-hydrogen) atoms. The summed E-state index contributed by atoms with van der Waals surface area (Å²) in [5.74, 6) is -0.778. The minimum absolute atomic E-state index is 0.0462. The van der Waals surface area contributed by atoms with E-state index in [0.717, 1.165) is 0 Å². The number of primary amides is 1. The van der Waals surface area contributed by atoms with Crippen LogP contribution in [0.3, 0.4) is 0 Å². The molecule has 0 fully saturated rings. The van der Waals surface area contributed by atoms with Gasteiger partial charge in [0, 0.05) is 0 Å². The first kappa shape index (κ1) is 9.05. The molecule has 0 saturated heterocycles. The molecule has 0 aliphatic heterocycles. The molecule has 0 atom stereocenters. The summed E-state index contributed by atoms with van der Waals surface area (Å²) in [6, 6.07) is 5.86. The van der Waals surface area contributed by atoms with Crippen LogP contribution in [0.25, 0.3) is 0 Å². The Kier molecular flexibility index (Phi) is 2.49. The monoisotopic (exact) mass is 181 g/mol. The molecule has 0 radical (unpaired) electrons. The minimum Gasteiger partial charge on any atom is -0.449 e. The average molecular weight is 181 g/mol. The zero-order valence-electron chi connectivity index (χ0n) is 6.56. The van der Waals surface area contributed by atoms with Gasteiger partial charge in [0.15, 0.2) is 0 Å². The van der Waals surface area contributed by atoms with Crippen LogP contribution in [0.5, 0.6) is 5.75 Å². The van der Waals surface area contributed by atoms with E-state index in [2.05, 4.69) is 4.74 Å². The topological polar surface area (TPSA) is 89.6 Å². The molecule has 0 aliphatic carbocycles. The Balaban J connectivity index is 3.04. The van der Waals surface area contributed by atoms with Crippen molar-refractivity contribution in [2.75, 3.05) is 0 Å². The molecule has 0 heterocycles. The van der Waals surface area contributed by atoms with Crippen LogP contribution in [0, 0.1) is 0 Å². The number of carbonyl (C=O) groups excluding carboxylic acids is 1. The third kappa shape index (κ3) is 2.19. The van der Waals surface area contributed by atoms with E-state index in [0.29, 0.717) is 0 Å². The molecule has 1 aromatic rings. The molecule has 0 bridgehead atoms. The van der Waals surface area contributed by atoms with Gasteiger partial charge in [0.25, 0.3) is 5.91 Å².